The van der Waals surface area contributed by atoms with Crippen molar-refractivity contribution >= 4 is 11.2 Å². The Hall–Kier alpha value is -2.33. The summed E-state index contributed by atoms with van der Waals surface area (Å²) in [5.74, 6) is 1.04. The molecule has 118 valence electrons. The molecule has 1 fully saturated rings. The van der Waals surface area contributed by atoms with E-state index in [1.165, 1.54) is 16.8 Å². The van der Waals surface area contributed by atoms with Crippen LogP contribution in [0.4, 0.5) is 5.69 Å². The highest BCUT2D eigenvalue weighted by Gasteiger charge is 2.15. The molecule has 23 heavy (non-hydrogen) atoms. The van der Waals surface area contributed by atoms with Gasteiger partial charge < -0.3 is 10.2 Å². The zero-order valence-corrected chi connectivity index (χ0v) is 13.5. The molecule has 1 aliphatic heterocycles. The van der Waals surface area contributed by atoms with Gasteiger partial charge in [-0.1, -0.05) is 37.3 Å². The van der Waals surface area contributed by atoms with Crippen LogP contribution < -0.4 is 10.2 Å². The highest BCUT2D eigenvalue weighted by Crippen LogP contribution is 2.26. The number of pyridine rings is 1. The van der Waals surface area contributed by atoms with Crippen LogP contribution in [-0.4, -0.2) is 35.6 Å². The van der Waals surface area contributed by atoms with E-state index in [1.807, 2.05) is 6.07 Å². The second-order valence-electron chi connectivity index (χ2n) is 5.98. The number of aromatic nitrogens is 2. The second kappa shape index (κ2) is 6.05. The zero-order chi connectivity index (χ0) is 15.6. The van der Waals surface area contributed by atoms with E-state index in [0.717, 1.165) is 44.1 Å². The van der Waals surface area contributed by atoms with Crippen molar-refractivity contribution in [1.29, 1.82) is 0 Å². The fourth-order valence-corrected chi connectivity index (χ4v) is 3.30. The Morgan fingerprint density at radius 3 is 2.57 bits per heavy atom. The molecule has 1 N–H and O–H groups in total. The smallest absolute Gasteiger partial charge is 0.144 e. The van der Waals surface area contributed by atoms with Gasteiger partial charge in [-0.25, -0.2) is 4.98 Å². The Balaban J connectivity index is 1.85. The number of benzene rings is 1. The molecular weight excluding hydrogens is 284 g/mol. The molecule has 0 radical (unpaired) electrons. The summed E-state index contributed by atoms with van der Waals surface area (Å²) in [5, 5.41) is 3.41. The molecule has 1 saturated heterocycles. The summed E-state index contributed by atoms with van der Waals surface area (Å²) in [6.45, 7) is 6.38. The van der Waals surface area contributed by atoms with Crippen molar-refractivity contribution in [2.75, 3.05) is 31.1 Å². The lowest BCUT2D eigenvalue weighted by Crippen LogP contribution is -2.43. The maximum Gasteiger partial charge on any atom is 0.144 e. The molecule has 1 aromatic carbocycles. The molecule has 1 aliphatic rings. The number of rotatable bonds is 3. The topological polar surface area (TPSA) is 32.6 Å². The number of nitrogens with one attached hydrogen (secondary N) is 1. The number of hydrogen-bond acceptors (Lipinski definition) is 3. The molecule has 4 nitrogen and oxygen atoms in total. The summed E-state index contributed by atoms with van der Waals surface area (Å²) < 4.78 is 2.26. The van der Waals surface area contributed by atoms with Gasteiger partial charge in [-0.05, 0) is 18.6 Å². The van der Waals surface area contributed by atoms with E-state index in [1.54, 1.807) is 0 Å². The quantitative estimate of drug-likeness (QED) is 0.807. The van der Waals surface area contributed by atoms with Crippen LogP contribution in [0.25, 0.3) is 16.9 Å². The Labute approximate surface area is 136 Å². The zero-order valence-electron chi connectivity index (χ0n) is 13.5. The molecule has 3 aromatic rings. The molecule has 0 amide bonds. The first-order valence-electron chi connectivity index (χ1n) is 8.39. The fourth-order valence-electron chi connectivity index (χ4n) is 3.30. The first kappa shape index (κ1) is 14.3. The van der Waals surface area contributed by atoms with E-state index in [2.05, 4.69) is 64.1 Å². The summed E-state index contributed by atoms with van der Waals surface area (Å²) in [6, 6.07) is 14.9. The molecule has 0 saturated carbocycles. The van der Waals surface area contributed by atoms with Crippen LogP contribution in [0.5, 0.6) is 0 Å². The van der Waals surface area contributed by atoms with Crippen LogP contribution in [0.3, 0.4) is 0 Å². The van der Waals surface area contributed by atoms with E-state index in [-0.39, 0.29) is 0 Å². The molecule has 4 rings (SSSR count). The van der Waals surface area contributed by atoms with E-state index in [4.69, 9.17) is 4.98 Å². The minimum atomic E-state index is 0.948. The molecule has 0 spiro atoms. The number of piperazine rings is 1. The van der Waals surface area contributed by atoms with Gasteiger partial charge in [-0.3, -0.25) is 4.40 Å². The third kappa shape index (κ3) is 2.59. The number of fused-ring (bicyclic) bond motifs is 1. The van der Waals surface area contributed by atoms with E-state index < -0.39 is 0 Å². The van der Waals surface area contributed by atoms with Gasteiger partial charge in [-0.2, -0.15) is 0 Å². The monoisotopic (exact) mass is 306 g/mol. The Bertz CT molecular complexity index is 801. The molecule has 2 aromatic heterocycles. The summed E-state index contributed by atoms with van der Waals surface area (Å²) in [5.41, 5.74) is 4.82. The van der Waals surface area contributed by atoms with Crippen molar-refractivity contribution in [3.63, 3.8) is 0 Å². The van der Waals surface area contributed by atoms with Gasteiger partial charge in [0.25, 0.3) is 0 Å². The largest absolute Gasteiger partial charge is 0.368 e. The van der Waals surface area contributed by atoms with Gasteiger partial charge in [0.05, 0.1) is 16.9 Å². The number of imidazole rings is 1. The van der Waals surface area contributed by atoms with Gasteiger partial charge in [0.1, 0.15) is 5.82 Å². The summed E-state index contributed by atoms with van der Waals surface area (Å²) in [7, 11) is 0. The van der Waals surface area contributed by atoms with Crippen molar-refractivity contribution in [2.45, 2.75) is 13.3 Å². The van der Waals surface area contributed by atoms with Gasteiger partial charge in [0, 0.05) is 37.9 Å². The molecule has 0 bridgehead atoms. The highest BCUT2D eigenvalue weighted by molar-refractivity contribution is 5.68. The van der Waals surface area contributed by atoms with Crippen LogP contribution in [0.2, 0.25) is 0 Å². The van der Waals surface area contributed by atoms with E-state index in [0.29, 0.717) is 0 Å². The minimum Gasteiger partial charge on any atom is -0.368 e. The highest BCUT2D eigenvalue weighted by atomic mass is 15.2. The number of anilines is 1. The Morgan fingerprint density at radius 1 is 1.04 bits per heavy atom. The lowest BCUT2D eigenvalue weighted by molar-refractivity contribution is 0.588. The standard InChI is InChI=1S/C19H22N4/c1-2-17-18-9-8-16(22-12-10-20-11-13-22)14-23(18)19(21-17)15-6-4-3-5-7-15/h3-9,14,20H,2,10-13H2,1H3. The minimum absolute atomic E-state index is 0.948. The average Bonchev–Trinajstić information content (AvgIpc) is 3.01. The average molecular weight is 306 g/mol. The normalized spacial score (nSPS) is 15.3. The van der Waals surface area contributed by atoms with Gasteiger partial charge in [-0.15, -0.1) is 0 Å². The summed E-state index contributed by atoms with van der Waals surface area (Å²) in [4.78, 5) is 7.34. The van der Waals surface area contributed by atoms with Crippen molar-refractivity contribution in [3.8, 4) is 11.4 Å². The lowest BCUT2D eigenvalue weighted by atomic mass is 10.2. The van der Waals surface area contributed by atoms with Crippen molar-refractivity contribution in [1.82, 2.24) is 14.7 Å². The van der Waals surface area contributed by atoms with Gasteiger partial charge >= 0.3 is 0 Å². The number of hydrogen-bond donors (Lipinski definition) is 1. The Kier molecular flexibility index (Phi) is 3.75. The second-order valence-corrected chi connectivity index (χ2v) is 5.98. The van der Waals surface area contributed by atoms with E-state index in [9.17, 15) is 0 Å². The molecule has 0 atom stereocenters. The molecule has 0 unspecified atom stereocenters. The maximum absolute atomic E-state index is 4.90. The third-order valence-corrected chi connectivity index (χ3v) is 4.55. The van der Waals surface area contributed by atoms with Crippen molar-refractivity contribution < 1.29 is 0 Å². The molecule has 3 heterocycles. The van der Waals surface area contributed by atoms with Crippen LogP contribution >= 0.6 is 0 Å². The first-order valence-corrected chi connectivity index (χ1v) is 8.39. The van der Waals surface area contributed by atoms with Gasteiger partial charge in [0.2, 0.25) is 0 Å². The van der Waals surface area contributed by atoms with Crippen LogP contribution in [0.1, 0.15) is 12.6 Å². The molecule has 4 heteroatoms. The van der Waals surface area contributed by atoms with Crippen LogP contribution in [0.15, 0.2) is 48.7 Å². The molecule has 0 aliphatic carbocycles. The predicted molar refractivity (Wildman–Crippen MR) is 95.1 cm³/mol. The fraction of sp³-hybridized carbons (Fsp3) is 0.316. The number of aryl methyl sites for hydroxylation is 1. The lowest BCUT2D eigenvalue weighted by Gasteiger charge is -2.29. The molecular formula is C19H22N4. The van der Waals surface area contributed by atoms with Crippen molar-refractivity contribution in [2.24, 2.45) is 0 Å². The maximum atomic E-state index is 4.90. The van der Waals surface area contributed by atoms with Crippen LogP contribution in [0, 0.1) is 0 Å². The third-order valence-electron chi connectivity index (χ3n) is 4.55. The van der Waals surface area contributed by atoms with Gasteiger partial charge in [0.15, 0.2) is 0 Å². The van der Waals surface area contributed by atoms with E-state index >= 15 is 0 Å². The number of nitrogens with zero attached hydrogens (tertiary/aromatic N) is 3. The first-order chi connectivity index (χ1) is 11.4. The van der Waals surface area contributed by atoms with Crippen molar-refractivity contribution in [3.05, 3.63) is 54.4 Å². The predicted octanol–water partition coefficient (Wildman–Crippen LogP) is 2.97. The SMILES string of the molecule is CCc1nc(-c2ccccc2)n2cc(N3CCNCC3)ccc12. The van der Waals surface area contributed by atoms with Crippen LogP contribution in [-0.2, 0) is 6.42 Å². The summed E-state index contributed by atoms with van der Waals surface area (Å²) >= 11 is 0. The Morgan fingerprint density at radius 2 is 1.83 bits per heavy atom. The summed E-state index contributed by atoms with van der Waals surface area (Å²) in [6.07, 6.45) is 3.19.